The lowest BCUT2D eigenvalue weighted by Gasteiger charge is -2.34. The number of carbonyl (C=O) groups is 1. The molecule has 0 heterocycles. The topological polar surface area (TPSA) is 46.3 Å². The second-order valence-corrected chi connectivity index (χ2v) is 5.51. The molecule has 0 spiro atoms. The van der Waals surface area contributed by atoms with Crippen LogP contribution in [0.1, 0.15) is 58.3 Å². The van der Waals surface area contributed by atoms with Crippen molar-refractivity contribution in [1.82, 2.24) is 4.90 Å². The zero-order valence-corrected chi connectivity index (χ0v) is 10.4. The van der Waals surface area contributed by atoms with Gasteiger partial charge >= 0.3 is 0 Å². The third-order valence-electron chi connectivity index (χ3n) is 4.00. The van der Waals surface area contributed by atoms with Crippen LogP contribution in [0.5, 0.6) is 0 Å². The highest BCUT2D eigenvalue weighted by Crippen LogP contribution is 2.32. The van der Waals surface area contributed by atoms with E-state index in [2.05, 4.69) is 6.92 Å². The molecule has 0 aliphatic heterocycles. The molecular formula is C13H24N2O. The summed E-state index contributed by atoms with van der Waals surface area (Å²) < 4.78 is 0. The molecule has 0 saturated heterocycles. The van der Waals surface area contributed by atoms with Crippen LogP contribution in [-0.2, 0) is 4.79 Å². The molecule has 0 atom stereocenters. The second kappa shape index (κ2) is 4.74. The van der Waals surface area contributed by atoms with E-state index in [4.69, 9.17) is 5.73 Å². The lowest BCUT2D eigenvalue weighted by Crippen LogP contribution is -2.47. The van der Waals surface area contributed by atoms with Gasteiger partial charge in [-0.2, -0.15) is 0 Å². The van der Waals surface area contributed by atoms with Crippen molar-refractivity contribution in [2.45, 2.75) is 69.9 Å². The standard InChI is InChI=1S/C13H24N2O/c1-2-15(11-6-7-11)12(16)10-13(14)8-4-3-5-9-13/h11H,2-10,14H2,1H3. The minimum Gasteiger partial charge on any atom is -0.340 e. The van der Waals surface area contributed by atoms with Crippen molar-refractivity contribution < 1.29 is 4.79 Å². The third kappa shape index (κ3) is 2.76. The Morgan fingerprint density at radius 3 is 2.44 bits per heavy atom. The SMILES string of the molecule is CCN(C(=O)CC1(N)CCCCC1)C1CC1. The predicted molar refractivity (Wildman–Crippen MR) is 65.0 cm³/mol. The molecule has 2 aliphatic rings. The maximum Gasteiger partial charge on any atom is 0.224 e. The molecule has 0 aromatic heterocycles. The Bertz CT molecular complexity index is 255. The molecule has 2 rings (SSSR count). The van der Waals surface area contributed by atoms with Crippen molar-refractivity contribution in [1.29, 1.82) is 0 Å². The van der Waals surface area contributed by atoms with Gasteiger partial charge in [0, 0.05) is 24.5 Å². The van der Waals surface area contributed by atoms with Gasteiger partial charge in [0.1, 0.15) is 0 Å². The average Bonchev–Trinajstić information content (AvgIpc) is 3.03. The fourth-order valence-corrected chi connectivity index (χ4v) is 2.86. The summed E-state index contributed by atoms with van der Waals surface area (Å²) in [5, 5.41) is 0. The van der Waals surface area contributed by atoms with Crippen LogP contribution in [0.2, 0.25) is 0 Å². The van der Waals surface area contributed by atoms with Gasteiger partial charge in [-0.15, -0.1) is 0 Å². The van der Waals surface area contributed by atoms with Crippen LogP contribution in [0.15, 0.2) is 0 Å². The highest BCUT2D eigenvalue weighted by Gasteiger charge is 2.36. The summed E-state index contributed by atoms with van der Waals surface area (Å²) in [5.41, 5.74) is 6.13. The summed E-state index contributed by atoms with van der Waals surface area (Å²) in [7, 11) is 0. The van der Waals surface area contributed by atoms with Crippen LogP contribution in [0, 0.1) is 0 Å². The van der Waals surface area contributed by atoms with Gasteiger partial charge in [-0.3, -0.25) is 4.79 Å². The van der Waals surface area contributed by atoms with E-state index in [-0.39, 0.29) is 11.4 Å². The van der Waals surface area contributed by atoms with Gasteiger partial charge in [0.2, 0.25) is 5.91 Å². The first-order valence-electron chi connectivity index (χ1n) is 6.73. The summed E-state index contributed by atoms with van der Waals surface area (Å²) in [6.45, 7) is 2.92. The molecule has 2 saturated carbocycles. The first-order chi connectivity index (χ1) is 7.64. The molecule has 3 nitrogen and oxygen atoms in total. The largest absolute Gasteiger partial charge is 0.340 e. The lowest BCUT2D eigenvalue weighted by molar-refractivity contribution is -0.133. The molecule has 2 fully saturated rings. The van der Waals surface area contributed by atoms with Crippen LogP contribution in [0.3, 0.4) is 0 Å². The van der Waals surface area contributed by atoms with Crippen LogP contribution in [0.4, 0.5) is 0 Å². The fraction of sp³-hybridized carbons (Fsp3) is 0.923. The van der Waals surface area contributed by atoms with E-state index < -0.39 is 0 Å². The number of nitrogens with zero attached hydrogens (tertiary/aromatic N) is 1. The van der Waals surface area contributed by atoms with Gasteiger partial charge in [0.15, 0.2) is 0 Å². The van der Waals surface area contributed by atoms with Crippen LogP contribution in [0.25, 0.3) is 0 Å². The molecular weight excluding hydrogens is 200 g/mol. The van der Waals surface area contributed by atoms with E-state index in [9.17, 15) is 4.79 Å². The molecule has 1 amide bonds. The predicted octanol–water partition coefficient (Wildman–Crippen LogP) is 2.05. The van der Waals surface area contributed by atoms with Gasteiger partial charge < -0.3 is 10.6 Å². The molecule has 0 aromatic rings. The summed E-state index contributed by atoms with van der Waals surface area (Å²) in [4.78, 5) is 14.2. The Morgan fingerprint density at radius 2 is 1.94 bits per heavy atom. The monoisotopic (exact) mass is 224 g/mol. The first-order valence-corrected chi connectivity index (χ1v) is 6.73. The quantitative estimate of drug-likeness (QED) is 0.794. The summed E-state index contributed by atoms with van der Waals surface area (Å²) in [6, 6.07) is 0.532. The Balaban J connectivity index is 1.89. The zero-order chi connectivity index (χ0) is 11.6. The molecule has 0 unspecified atom stereocenters. The molecule has 0 radical (unpaired) electrons. The van der Waals surface area contributed by atoms with Crippen molar-refractivity contribution in [2.24, 2.45) is 5.73 Å². The van der Waals surface area contributed by atoms with Crippen molar-refractivity contribution in [2.75, 3.05) is 6.54 Å². The van der Waals surface area contributed by atoms with E-state index in [0.29, 0.717) is 12.5 Å². The van der Waals surface area contributed by atoms with Crippen LogP contribution < -0.4 is 5.73 Å². The van der Waals surface area contributed by atoms with Crippen molar-refractivity contribution in [3.8, 4) is 0 Å². The maximum absolute atomic E-state index is 12.2. The number of hydrogen-bond donors (Lipinski definition) is 1. The minimum atomic E-state index is -0.197. The molecule has 16 heavy (non-hydrogen) atoms. The summed E-state index contributed by atoms with van der Waals surface area (Å²) in [5.74, 6) is 0.286. The van der Waals surface area contributed by atoms with Crippen molar-refractivity contribution in [3.63, 3.8) is 0 Å². The molecule has 2 aliphatic carbocycles. The number of amides is 1. The number of hydrogen-bond acceptors (Lipinski definition) is 2. The number of carbonyl (C=O) groups excluding carboxylic acids is 1. The van der Waals surface area contributed by atoms with Gasteiger partial charge in [-0.25, -0.2) is 0 Å². The highest BCUT2D eigenvalue weighted by molar-refractivity contribution is 5.78. The molecule has 2 N–H and O–H groups in total. The number of nitrogens with two attached hydrogens (primary N) is 1. The smallest absolute Gasteiger partial charge is 0.224 e. The second-order valence-electron chi connectivity index (χ2n) is 5.51. The first kappa shape index (κ1) is 11.9. The Morgan fingerprint density at radius 1 is 1.31 bits per heavy atom. The maximum atomic E-state index is 12.2. The average molecular weight is 224 g/mol. The van der Waals surface area contributed by atoms with Crippen molar-refractivity contribution >= 4 is 5.91 Å². The highest BCUT2D eigenvalue weighted by atomic mass is 16.2. The summed E-state index contributed by atoms with van der Waals surface area (Å²) in [6.07, 6.45) is 8.68. The summed E-state index contributed by atoms with van der Waals surface area (Å²) >= 11 is 0. The van der Waals surface area contributed by atoms with E-state index in [1.807, 2.05) is 4.90 Å². The number of rotatable bonds is 4. The fourth-order valence-electron chi connectivity index (χ4n) is 2.86. The Kier molecular flexibility index (Phi) is 3.53. The molecule has 92 valence electrons. The van der Waals surface area contributed by atoms with Gasteiger partial charge in [-0.1, -0.05) is 19.3 Å². The van der Waals surface area contributed by atoms with E-state index in [0.717, 1.165) is 19.4 Å². The lowest BCUT2D eigenvalue weighted by atomic mass is 9.80. The Hall–Kier alpha value is -0.570. The molecule has 3 heteroatoms. The van der Waals surface area contributed by atoms with Gasteiger partial charge in [0.25, 0.3) is 0 Å². The molecule has 0 bridgehead atoms. The third-order valence-corrected chi connectivity index (χ3v) is 4.00. The van der Waals surface area contributed by atoms with Gasteiger partial charge in [-0.05, 0) is 32.6 Å². The van der Waals surface area contributed by atoms with E-state index >= 15 is 0 Å². The minimum absolute atomic E-state index is 0.197. The normalized spacial score (nSPS) is 24.1. The van der Waals surface area contributed by atoms with E-state index in [1.54, 1.807) is 0 Å². The zero-order valence-electron chi connectivity index (χ0n) is 10.4. The van der Waals surface area contributed by atoms with Crippen molar-refractivity contribution in [3.05, 3.63) is 0 Å². The van der Waals surface area contributed by atoms with Gasteiger partial charge in [0.05, 0.1) is 0 Å². The van der Waals surface area contributed by atoms with E-state index in [1.165, 1.54) is 32.1 Å². The van der Waals surface area contributed by atoms with Crippen LogP contribution in [-0.4, -0.2) is 28.9 Å². The molecule has 0 aromatic carbocycles. The van der Waals surface area contributed by atoms with Crippen LogP contribution >= 0.6 is 0 Å². The Labute approximate surface area is 98.4 Å².